The van der Waals surface area contributed by atoms with E-state index >= 15 is 0 Å². The molecule has 9 heteroatoms. The second kappa shape index (κ2) is 12.1. The lowest BCUT2D eigenvalue weighted by molar-refractivity contribution is 0.00578. The molecule has 2 aromatic rings. The Balaban J connectivity index is 1.48. The van der Waals surface area contributed by atoms with Gasteiger partial charge in [0, 0.05) is 30.4 Å². The second-order valence-corrected chi connectivity index (χ2v) is 11.3. The van der Waals surface area contributed by atoms with Gasteiger partial charge in [-0.2, -0.15) is 0 Å². The summed E-state index contributed by atoms with van der Waals surface area (Å²) in [5.74, 6) is 2.04. The van der Waals surface area contributed by atoms with Crippen molar-refractivity contribution in [2.24, 2.45) is 0 Å². The van der Waals surface area contributed by atoms with E-state index in [1.54, 1.807) is 14.2 Å². The van der Waals surface area contributed by atoms with Crippen LogP contribution in [-0.2, 0) is 15.9 Å². The molecule has 0 aliphatic carbocycles. The van der Waals surface area contributed by atoms with Crippen molar-refractivity contribution >= 4 is 24.3 Å². The molecule has 0 atom stereocenters. The van der Waals surface area contributed by atoms with Gasteiger partial charge in [-0.15, -0.1) is 0 Å². The highest BCUT2D eigenvalue weighted by Crippen LogP contribution is 2.37. The van der Waals surface area contributed by atoms with Gasteiger partial charge in [0.05, 0.1) is 38.6 Å². The number of benzene rings is 2. The number of ether oxygens (including phenoxy) is 3. The van der Waals surface area contributed by atoms with Gasteiger partial charge in [0.1, 0.15) is 5.75 Å². The summed E-state index contributed by atoms with van der Waals surface area (Å²) in [7, 11) is 2.81. The van der Waals surface area contributed by atoms with Crippen LogP contribution in [0.5, 0.6) is 17.2 Å². The Labute approximate surface area is 233 Å². The zero-order valence-corrected chi connectivity index (χ0v) is 24.5. The molecule has 2 aliphatic rings. The van der Waals surface area contributed by atoms with Crippen LogP contribution in [0.3, 0.4) is 0 Å². The van der Waals surface area contributed by atoms with Crippen molar-refractivity contribution in [2.75, 3.05) is 38.8 Å². The summed E-state index contributed by atoms with van der Waals surface area (Å²) >= 11 is 0. The molecule has 2 aliphatic heterocycles. The number of amides is 2. The molecule has 2 saturated heterocycles. The number of carbonyl (C=O) groups excluding carboxylic acids is 1. The maximum Gasteiger partial charge on any atom is 0.494 e. The first kappa shape index (κ1) is 29.1. The first-order valence-corrected chi connectivity index (χ1v) is 14.0. The van der Waals surface area contributed by atoms with Crippen LogP contribution in [0.4, 0.5) is 10.5 Å². The number of nitrogens with zero attached hydrogens (tertiary/aromatic N) is 2. The standard InChI is InChI=1S/C30H43BN2O6/c1-8-9-10-18-37-27-20-24(14-15-25(27)35-6)33-17-11-16-32(28(33)34)21-22-12-13-23(19-26(22)36-7)31-38-29(2,3)30(4,5)39-31/h12-15,19-20H,8-11,16-18,21H2,1-7H3. The van der Waals surface area contributed by atoms with Crippen LogP contribution in [0, 0.1) is 0 Å². The molecule has 8 nitrogen and oxygen atoms in total. The van der Waals surface area contributed by atoms with Crippen LogP contribution in [0.2, 0.25) is 0 Å². The second-order valence-electron chi connectivity index (χ2n) is 11.3. The molecule has 0 spiro atoms. The fourth-order valence-corrected chi connectivity index (χ4v) is 4.87. The topological polar surface area (TPSA) is 69.7 Å². The van der Waals surface area contributed by atoms with Gasteiger partial charge in [0.15, 0.2) is 11.5 Å². The van der Waals surface area contributed by atoms with E-state index in [1.165, 1.54) is 0 Å². The number of hydrogen-bond donors (Lipinski definition) is 0. The number of unbranched alkanes of at least 4 members (excludes halogenated alkanes) is 2. The molecule has 2 fully saturated rings. The van der Waals surface area contributed by atoms with E-state index in [9.17, 15) is 4.79 Å². The van der Waals surface area contributed by atoms with Crippen molar-refractivity contribution in [3.8, 4) is 17.2 Å². The summed E-state index contributed by atoms with van der Waals surface area (Å²) in [6.45, 7) is 12.7. The molecule has 39 heavy (non-hydrogen) atoms. The van der Waals surface area contributed by atoms with E-state index in [0.29, 0.717) is 43.5 Å². The number of urea groups is 1. The van der Waals surface area contributed by atoms with Crippen molar-refractivity contribution in [2.45, 2.75) is 78.0 Å². The summed E-state index contributed by atoms with van der Waals surface area (Å²) in [5.41, 5.74) is 1.79. The van der Waals surface area contributed by atoms with E-state index in [1.807, 2.05) is 73.9 Å². The SMILES string of the molecule is CCCCCOc1cc(N2CCCN(Cc3ccc(B4OC(C)(C)C(C)(C)O4)cc3OC)C2=O)ccc1OC. The fourth-order valence-electron chi connectivity index (χ4n) is 4.87. The van der Waals surface area contributed by atoms with Gasteiger partial charge in [-0.05, 0) is 64.2 Å². The largest absolute Gasteiger partial charge is 0.496 e. The monoisotopic (exact) mass is 538 g/mol. The van der Waals surface area contributed by atoms with Crippen molar-refractivity contribution in [1.82, 2.24) is 4.90 Å². The Hall–Kier alpha value is -2.91. The highest BCUT2D eigenvalue weighted by molar-refractivity contribution is 6.62. The smallest absolute Gasteiger partial charge is 0.494 e. The van der Waals surface area contributed by atoms with E-state index in [-0.39, 0.29) is 6.03 Å². The van der Waals surface area contributed by atoms with E-state index in [0.717, 1.165) is 42.4 Å². The van der Waals surface area contributed by atoms with Gasteiger partial charge in [0.25, 0.3) is 0 Å². The third-order valence-corrected chi connectivity index (χ3v) is 7.97. The Bertz CT molecular complexity index is 1140. The van der Waals surface area contributed by atoms with Crippen LogP contribution < -0.4 is 24.6 Å². The average Bonchev–Trinajstić information content (AvgIpc) is 3.14. The summed E-state index contributed by atoms with van der Waals surface area (Å²) < 4.78 is 29.7. The molecular formula is C30H43BN2O6. The zero-order chi connectivity index (χ0) is 28.2. The van der Waals surface area contributed by atoms with Crippen molar-refractivity contribution in [3.05, 3.63) is 42.0 Å². The molecule has 0 radical (unpaired) electrons. The van der Waals surface area contributed by atoms with Crippen molar-refractivity contribution < 1.29 is 28.3 Å². The molecular weight excluding hydrogens is 495 g/mol. The Kier molecular flexibility index (Phi) is 9.02. The zero-order valence-electron chi connectivity index (χ0n) is 24.5. The minimum absolute atomic E-state index is 0.0413. The van der Waals surface area contributed by atoms with Gasteiger partial charge in [-0.25, -0.2) is 4.79 Å². The molecule has 0 unspecified atom stereocenters. The third-order valence-electron chi connectivity index (χ3n) is 7.97. The van der Waals surface area contributed by atoms with E-state index in [2.05, 4.69) is 6.92 Å². The van der Waals surface area contributed by atoms with E-state index < -0.39 is 18.3 Å². The molecule has 2 aromatic carbocycles. The lowest BCUT2D eigenvalue weighted by Crippen LogP contribution is -2.49. The quantitative estimate of drug-likeness (QED) is 0.282. The lowest BCUT2D eigenvalue weighted by atomic mass is 9.78. The van der Waals surface area contributed by atoms with Gasteiger partial charge in [-0.3, -0.25) is 4.90 Å². The highest BCUT2D eigenvalue weighted by Gasteiger charge is 2.51. The maximum absolute atomic E-state index is 13.6. The van der Waals surface area contributed by atoms with Gasteiger partial charge >= 0.3 is 13.1 Å². The summed E-state index contributed by atoms with van der Waals surface area (Å²) in [4.78, 5) is 17.3. The Morgan fingerprint density at radius 1 is 0.897 bits per heavy atom. The van der Waals surface area contributed by atoms with Crippen LogP contribution in [0.25, 0.3) is 0 Å². The minimum atomic E-state index is -0.474. The predicted molar refractivity (Wildman–Crippen MR) is 154 cm³/mol. The summed E-state index contributed by atoms with van der Waals surface area (Å²) in [5, 5.41) is 0. The molecule has 212 valence electrons. The first-order chi connectivity index (χ1) is 18.6. The molecule has 4 rings (SSSR count). The minimum Gasteiger partial charge on any atom is -0.496 e. The molecule has 2 amide bonds. The van der Waals surface area contributed by atoms with Crippen molar-refractivity contribution in [1.29, 1.82) is 0 Å². The maximum atomic E-state index is 13.6. The average molecular weight is 538 g/mol. The van der Waals surface area contributed by atoms with Crippen molar-refractivity contribution in [3.63, 3.8) is 0 Å². The Morgan fingerprint density at radius 3 is 2.28 bits per heavy atom. The lowest BCUT2D eigenvalue weighted by Gasteiger charge is -2.36. The van der Waals surface area contributed by atoms with Gasteiger partial charge in [0.2, 0.25) is 0 Å². The van der Waals surface area contributed by atoms with Crippen LogP contribution in [0.1, 0.15) is 65.9 Å². The molecule has 0 saturated carbocycles. The molecule has 0 bridgehead atoms. The van der Waals surface area contributed by atoms with E-state index in [4.69, 9.17) is 23.5 Å². The number of carbonyl (C=O) groups is 1. The van der Waals surface area contributed by atoms with Crippen LogP contribution in [-0.4, -0.2) is 63.2 Å². The number of hydrogen-bond acceptors (Lipinski definition) is 6. The molecule has 0 aromatic heterocycles. The van der Waals surface area contributed by atoms with Crippen LogP contribution >= 0.6 is 0 Å². The Morgan fingerprint density at radius 2 is 1.62 bits per heavy atom. The number of rotatable bonds is 11. The fraction of sp³-hybridized carbons (Fsp3) is 0.567. The predicted octanol–water partition coefficient (Wildman–Crippen LogP) is 5.40. The first-order valence-electron chi connectivity index (χ1n) is 14.0. The molecule has 0 N–H and O–H groups in total. The number of anilines is 1. The number of methoxy groups -OCH3 is 2. The van der Waals surface area contributed by atoms with Gasteiger partial charge in [-0.1, -0.05) is 31.9 Å². The third kappa shape index (κ3) is 6.30. The molecule has 2 heterocycles. The summed E-state index contributed by atoms with van der Waals surface area (Å²) in [6, 6.07) is 11.6. The van der Waals surface area contributed by atoms with Crippen LogP contribution in [0.15, 0.2) is 36.4 Å². The summed E-state index contributed by atoms with van der Waals surface area (Å²) in [6.07, 6.45) is 4.08. The highest BCUT2D eigenvalue weighted by atomic mass is 16.7. The normalized spacial score (nSPS) is 18.4. The van der Waals surface area contributed by atoms with Gasteiger partial charge < -0.3 is 28.4 Å².